The van der Waals surface area contributed by atoms with Gasteiger partial charge in [0, 0.05) is 12.4 Å². The highest BCUT2D eigenvalue weighted by Crippen LogP contribution is 2.30. The summed E-state index contributed by atoms with van der Waals surface area (Å²) in [5.41, 5.74) is -4.78. The zero-order valence-electron chi connectivity index (χ0n) is 11.2. The molecule has 2 aromatic heterocycles. The Hall–Kier alpha value is -3.04. The van der Waals surface area contributed by atoms with Gasteiger partial charge < -0.3 is 0 Å². The molecule has 0 radical (unpaired) electrons. The van der Waals surface area contributed by atoms with Crippen molar-refractivity contribution in [3.63, 3.8) is 0 Å². The summed E-state index contributed by atoms with van der Waals surface area (Å²) < 4.78 is 83.0. The van der Waals surface area contributed by atoms with Gasteiger partial charge in [-0.25, -0.2) is 46.3 Å². The molecule has 0 amide bonds. The molecule has 2 aromatic carbocycles. The molecule has 0 spiro atoms. The molecule has 2 heterocycles. The van der Waals surface area contributed by atoms with Crippen LogP contribution >= 0.6 is 0 Å². The lowest BCUT2D eigenvalue weighted by Gasteiger charge is -2.08. The van der Waals surface area contributed by atoms with Crippen molar-refractivity contribution < 1.29 is 26.3 Å². The van der Waals surface area contributed by atoms with E-state index in [-0.39, 0.29) is 0 Å². The van der Waals surface area contributed by atoms with Crippen molar-refractivity contribution in [2.45, 2.75) is 0 Å². The van der Waals surface area contributed by atoms with Gasteiger partial charge in [0.25, 0.3) is 0 Å². The Morgan fingerprint density at radius 2 is 0.750 bits per heavy atom. The van der Waals surface area contributed by atoms with E-state index in [1.165, 1.54) is 0 Å². The van der Waals surface area contributed by atoms with Gasteiger partial charge in [-0.2, -0.15) is 0 Å². The van der Waals surface area contributed by atoms with Crippen LogP contribution in [0.25, 0.3) is 33.1 Å². The summed E-state index contributed by atoms with van der Waals surface area (Å²) in [6.07, 6.45) is 2.17. The summed E-state index contributed by atoms with van der Waals surface area (Å²) in [5, 5.41) is 0. The fraction of sp³-hybridized carbons (Fsp3) is 0. The van der Waals surface area contributed by atoms with Crippen LogP contribution in [0.2, 0.25) is 0 Å². The largest absolute Gasteiger partial charge is 0.250 e. The second-order valence-electron chi connectivity index (χ2n) is 4.76. The van der Waals surface area contributed by atoms with Gasteiger partial charge in [0.05, 0.1) is 0 Å². The molecule has 24 heavy (non-hydrogen) atoms. The van der Waals surface area contributed by atoms with Gasteiger partial charge in [0.1, 0.15) is 33.1 Å². The summed E-state index contributed by atoms with van der Waals surface area (Å²) >= 11 is 0. The summed E-state index contributed by atoms with van der Waals surface area (Å²) in [7, 11) is 0. The van der Waals surface area contributed by atoms with E-state index in [4.69, 9.17) is 0 Å². The maximum atomic E-state index is 14.4. The summed E-state index contributed by atoms with van der Waals surface area (Å²) in [6, 6.07) is 0. The molecule has 0 fully saturated rings. The molecule has 4 rings (SSSR count). The van der Waals surface area contributed by atoms with E-state index in [9.17, 15) is 26.3 Å². The van der Waals surface area contributed by atoms with Crippen molar-refractivity contribution in [3.8, 4) is 0 Å². The highest BCUT2D eigenvalue weighted by molar-refractivity contribution is 5.96. The zero-order valence-corrected chi connectivity index (χ0v) is 11.2. The second-order valence-corrected chi connectivity index (χ2v) is 4.76. The van der Waals surface area contributed by atoms with Crippen LogP contribution in [0.15, 0.2) is 12.4 Å². The Labute approximate surface area is 127 Å². The third kappa shape index (κ3) is 1.70. The van der Waals surface area contributed by atoms with Crippen molar-refractivity contribution in [1.29, 1.82) is 0 Å². The Balaban J connectivity index is 2.32. The molecule has 0 unspecified atom stereocenters. The van der Waals surface area contributed by atoms with Crippen LogP contribution in [-0.4, -0.2) is 19.9 Å². The number of fused-ring (bicyclic) bond motifs is 3. The minimum absolute atomic E-state index is 0.514. The lowest BCUT2D eigenvalue weighted by molar-refractivity contribution is 0.416. The lowest BCUT2D eigenvalue weighted by atomic mass is 10.2. The number of halogens is 6. The van der Waals surface area contributed by atoms with Crippen LogP contribution in [0.5, 0.6) is 0 Å². The van der Waals surface area contributed by atoms with Gasteiger partial charge in [0.15, 0.2) is 34.9 Å². The molecule has 4 nitrogen and oxygen atoms in total. The SMILES string of the molecule is Fc1c(F)c(F)c2nc3c(F)c4nccnc4c(F)c3nc2c1F. The fourth-order valence-corrected chi connectivity index (χ4v) is 2.33. The molecule has 0 atom stereocenters. The van der Waals surface area contributed by atoms with E-state index in [0.717, 1.165) is 12.4 Å². The van der Waals surface area contributed by atoms with Gasteiger partial charge >= 0.3 is 0 Å². The van der Waals surface area contributed by atoms with Gasteiger partial charge in [-0.05, 0) is 0 Å². The molecule has 0 saturated heterocycles. The maximum Gasteiger partial charge on any atom is 0.199 e. The lowest BCUT2D eigenvalue weighted by Crippen LogP contribution is -2.04. The molecule has 0 saturated carbocycles. The first-order valence-corrected chi connectivity index (χ1v) is 6.33. The predicted octanol–water partition coefficient (Wildman–Crippen LogP) is 3.56. The van der Waals surface area contributed by atoms with E-state index >= 15 is 0 Å². The Morgan fingerprint density at radius 1 is 0.417 bits per heavy atom. The van der Waals surface area contributed by atoms with Gasteiger partial charge in [-0.1, -0.05) is 0 Å². The van der Waals surface area contributed by atoms with E-state index in [1.807, 2.05) is 0 Å². The van der Waals surface area contributed by atoms with Crippen LogP contribution in [-0.2, 0) is 0 Å². The highest BCUT2D eigenvalue weighted by Gasteiger charge is 2.26. The third-order valence-electron chi connectivity index (χ3n) is 3.42. The first-order chi connectivity index (χ1) is 11.4. The monoisotopic (exact) mass is 340 g/mol. The zero-order chi connectivity index (χ0) is 17.2. The summed E-state index contributed by atoms with van der Waals surface area (Å²) in [4.78, 5) is 14.0. The third-order valence-corrected chi connectivity index (χ3v) is 3.42. The molecule has 0 aliphatic carbocycles. The standard InChI is InChI=1S/C14H2F6N4/c15-3-4(16)6(18)12-11(5(3)17)23-13-7(19)9-10(22-2-1-21-9)8(20)14(13)24-12/h1-2H. The van der Waals surface area contributed by atoms with E-state index < -0.39 is 68.0 Å². The van der Waals surface area contributed by atoms with E-state index in [0.29, 0.717) is 0 Å². The number of hydrogen-bond acceptors (Lipinski definition) is 4. The van der Waals surface area contributed by atoms with Crippen molar-refractivity contribution in [2.24, 2.45) is 0 Å². The van der Waals surface area contributed by atoms with E-state index in [1.54, 1.807) is 0 Å². The number of rotatable bonds is 0. The minimum atomic E-state index is -2.13. The molecule has 4 aromatic rings. The predicted molar refractivity (Wildman–Crippen MR) is 69.9 cm³/mol. The fourth-order valence-electron chi connectivity index (χ4n) is 2.33. The highest BCUT2D eigenvalue weighted by atomic mass is 19.2. The van der Waals surface area contributed by atoms with Gasteiger partial charge in [-0.3, -0.25) is 0 Å². The van der Waals surface area contributed by atoms with Crippen LogP contribution in [0.1, 0.15) is 0 Å². The Kier molecular flexibility index (Phi) is 2.87. The van der Waals surface area contributed by atoms with Crippen LogP contribution in [0.4, 0.5) is 26.3 Å². The average Bonchev–Trinajstić information content (AvgIpc) is 2.61. The van der Waals surface area contributed by atoms with Crippen LogP contribution < -0.4 is 0 Å². The minimum Gasteiger partial charge on any atom is -0.250 e. The normalized spacial score (nSPS) is 11.8. The molecule has 0 aliphatic rings. The Morgan fingerprint density at radius 3 is 1.12 bits per heavy atom. The second kappa shape index (κ2) is 4.73. The number of benzene rings is 2. The number of nitrogens with zero attached hydrogens (tertiary/aromatic N) is 4. The Bertz CT molecular complexity index is 1090. The average molecular weight is 340 g/mol. The quantitative estimate of drug-likeness (QED) is 0.213. The van der Waals surface area contributed by atoms with E-state index in [2.05, 4.69) is 19.9 Å². The van der Waals surface area contributed by atoms with Gasteiger partial charge in [-0.15, -0.1) is 0 Å². The molecule has 0 N–H and O–H groups in total. The van der Waals surface area contributed by atoms with Crippen LogP contribution in [0.3, 0.4) is 0 Å². The van der Waals surface area contributed by atoms with Crippen molar-refractivity contribution in [2.75, 3.05) is 0 Å². The molecule has 120 valence electrons. The number of hydrogen-bond donors (Lipinski definition) is 0. The molecule has 0 aliphatic heterocycles. The summed E-state index contributed by atoms with van der Waals surface area (Å²) in [5.74, 6) is -10.4. The molecule has 10 heteroatoms. The van der Waals surface area contributed by atoms with Crippen molar-refractivity contribution >= 4 is 33.1 Å². The van der Waals surface area contributed by atoms with Crippen LogP contribution in [0, 0.1) is 34.9 Å². The van der Waals surface area contributed by atoms with Gasteiger partial charge in [0.2, 0.25) is 0 Å². The molecule has 0 bridgehead atoms. The van der Waals surface area contributed by atoms with Crippen molar-refractivity contribution in [3.05, 3.63) is 47.3 Å². The molecular formula is C14H2F6N4. The van der Waals surface area contributed by atoms with Crippen molar-refractivity contribution in [1.82, 2.24) is 19.9 Å². The summed E-state index contributed by atoms with van der Waals surface area (Å²) in [6.45, 7) is 0. The first-order valence-electron chi connectivity index (χ1n) is 6.33. The smallest absolute Gasteiger partial charge is 0.199 e. The number of aromatic nitrogens is 4. The first kappa shape index (κ1) is 14.5. The topological polar surface area (TPSA) is 51.6 Å². The molecular weight excluding hydrogens is 338 g/mol. The maximum absolute atomic E-state index is 14.4.